The first-order chi connectivity index (χ1) is 11.9. The van der Waals surface area contributed by atoms with Gasteiger partial charge in [-0.25, -0.2) is 17.2 Å². The van der Waals surface area contributed by atoms with Crippen LogP contribution in [0.3, 0.4) is 0 Å². The molecule has 1 aliphatic rings. The normalized spacial score (nSPS) is 16.7. The molecule has 2 aromatic rings. The summed E-state index contributed by atoms with van der Waals surface area (Å²) in [7, 11) is -3.54. The molecule has 25 heavy (non-hydrogen) atoms. The molecule has 3 rings (SSSR count). The number of nitrogens with zero attached hydrogens (tertiary/aromatic N) is 1. The van der Waals surface area contributed by atoms with Gasteiger partial charge in [-0.3, -0.25) is 4.79 Å². The fourth-order valence-electron chi connectivity index (χ4n) is 2.74. The van der Waals surface area contributed by atoms with Crippen LogP contribution in [0.2, 0.25) is 0 Å². The lowest BCUT2D eigenvalue weighted by Crippen LogP contribution is -2.41. The van der Waals surface area contributed by atoms with Crippen molar-refractivity contribution >= 4 is 33.0 Å². The topological polar surface area (TPSA) is 66.5 Å². The summed E-state index contributed by atoms with van der Waals surface area (Å²) in [5.41, 5.74) is -0.471. The number of benzene rings is 1. The molecule has 0 bridgehead atoms. The van der Waals surface area contributed by atoms with E-state index in [0.717, 1.165) is 23.5 Å². The Hall–Kier alpha value is -1.84. The quantitative estimate of drug-likeness (QED) is 0.878. The van der Waals surface area contributed by atoms with Crippen LogP contribution in [0.25, 0.3) is 0 Å². The average molecular weight is 386 g/mol. The van der Waals surface area contributed by atoms with Crippen LogP contribution in [0.15, 0.2) is 39.9 Å². The molecule has 0 radical (unpaired) electrons. The first-order valence-electron chi connectivity index (χ1n) is 7.68. The minimum absolute atomic E-state index is 0.193. The SMILES string of the molecule is O=C(Nc1c(F)cccc1F)C1CCN(S(=O)(=O)c2cccs2)CC1. The highest BCUT2D eigenvalue weighted by atomic mass is 32.2. The van der Waals surface area contributed by atoms with E-state index in [1.165, 1.54) is 10.4 Å². The second-order valence-electron chi connectivity index (χ2n) is 5.70. The number of thiophene rings is 1. The molecule has 0 atom stereocenters. The lowest BCUT2D eigenvalue weighted by molar-refractivity contribution is -0.121. The summed E-state index contributed by atoms with van der Waals surface area (Å²) in [5.74, 6) is -2.68. The first-order valence-corrected chi connectivity index (χ1v) is 10.00. The van der Waals surface area contributed by atoms with Gasteiger partial charge in [-0.1, -0.05) is 12.1 Å². The molecule has 0 saturated carbocycles. The fourth-order valence-corrected chi connectivity index (χ4v) is 5.35. The predicted molar refractivity (Wildman–Crippen MR) is 90.8 cm³/mol. The summed E-state index contributed by atoms with van der Waals surface area (Å²) in [6, 6.07) is 6.55. The molecule has 1 aliphatic heterocycles. The largest absolute Gasteiger partial charge is 0.321 e. The number of rotatable bonds is 4. The van der Waals surface area contributed by atoms with E-state index in [4.69, 9.17) is 0 Å². The molecule has 1 aromatic heterocycles. The second-order valence-corrected chi connectivity index (χ2v) is 8.81. The van der Waals surface area contributed by atoms with Gasteiger partial charge in [0.15, 0.2) is 0 Å². The highest BCUT2D eigenvalue weighted by Gasteiger charge is 2.33. The van der Waals surface area contributed by atoms with Crippen LogP contribution in [0.4, 0.5) is 14.5 Å². The molecular formula is C16H16F2N2O3S2. The van der Waals surface area contributed by atoms with Gasteiger partial charge in [0.25, 0.3) is 10.0 Å². The fraction of sp³-hybridized carbons (Fsp3) is 0.312. The van der Waals surface area contributed by atoms with E-state index < -0.39 is 39.2 Å². The Morgan fingerprint density at radius 1 is 1.12 bits per heavy atom. The van der Waals surface area contributed by atoms with Crippen LogP contribution >= 0.6 is 11.3 Å². The van der Waals surface area contributed by atoms with Gasteiger partial charge < -0.3 is 5.32 Å². The van der Waals surface area contributed by atoms with Crippen molar-refractivity contribution in [2.75, 3.05) is 18.4 Å². The second kappa shape index (κ2) is 7.19. The maximum Gasteiger partial charge on any atom is 0.252 e. The summed E-state index contributed by atoms with van der Waals surface area (Å²) in [5, 5.41) is 3.96. The van der Waals surface area contributed by atoms with Gasteiger partial charge in [0.1, 0.15) is 21.5 Å². The van der Waals surface area contributed by atoms with Gasteiger partial charge >= 0.3 is 0 Å². The number of amides is 1. The number of piperidine rings is 1. The smallest absolute Gasteiger partial charge is 0.252 e. The highest BCUT2D eigenvalue weighted by Crippen LogP contribution is 2.27. The number of para-hydroxylation sites is 1. The third-order valence-electron chi connectivity index (χ3n) is 4.12. The standard InChI is InChI=1S/C16H16F2N2O3S2/c17-12-3-1-4-13(18)15(12)19-16(21)11-6-8-20(9-7-11)25(22,23)14-5-2-10-24-14/h1-5,10-11H,6-9H2,(H,19,21). The molecule has 1 fully saturated rings. The van der Waals surface area contributed by atoms with Crippen molar-refractivity contribution in [2.45, 2.75) is 17.1 Å². The number of hydrogen-bond acceptors (Lipinski definition) is 4. The Bertz CT molecular complexity index is 841. The molecule has 2 heterocycles. The number of carbonyl (C=O) groups excluding carboxylic acids is 1. The minimum Gasteiger partial charge on any atom is -0.321 e. The molecule has 1 amide bonds. The molecule has 1 aromatic carbocycles. The third kappa shape index (κ3) is 3.73. The molecule has 0 spiro atoms. The minimum atomic E-state index is -3.54. The zero-order valence-electron chi connectivity index (χ0n) is 13.1. The zero-order chi connectivity index (χ0) is 18.0. The maximum atomic E-state index is 13.6. The Kier molecular flexibility index (Phi) is 5.16. The summed E-state index contributed by atoms with van der Waals surface area (Å²) in [4.78, 5) is 12.2. The summed E-state index contributed by atoms with van der Waals surface area (Å²) < 4.78 is 53.7. The molecule has 5 nitrogen and oxygen atoms in total. The molecule has 1 N–H and O–H groups in total. The molecule has 0 aliphatic carbocycles. The average Bonchev–Trinajstić information content (AvgIpc) is 3.14. The van der Waals surface area contributed by atoms with Crippen molar-refractivity contribution in [3.8, 4) is 0 Å². The molecule has 134 valence electrons. The van der Waals surface area contributed by atoms with E-state index in [9.17, 15) is 22.0 Å². The van der Waals surface area contributed by atoms with E-state index >= 15 is 0 Å². The van der Waals surface area contributed by atoms with Crippen molar-refractivity contribution in [1.29, 1.82) is 0 Å². The van der Waals surface area contributed by atoms with Crippen LogP contribution in [-0.2, 0) is 14.8 Å². The van der Waals surface area contributed by atoms with E-state index in [1.54, 1.807) is 17.5 Å². The lowest BCUT2D eigenvalue weighted by Gasteiger charge is -2.30. The van der Waals surface area contributed by atoms with E-state index in [1.807, 2.05) is 0 Å². The Morgan fingerprint density at radius 3 is 2.32 bits per heavy atom. The van der Waals surface area contributed by atoms with Gasteiger partial charge in [-0.2, -0.15) is 4.31 Å². The highest BCUT2D eigenvalue weighted by molar-refractivity contribution is 7.91. The van der Waals surface area contributed by atoms with Gasteiger partial charge in [0, 0.05) is 19.0 Å². The van der Waals surface area contributed by atoms with Crippen molar-refractivity contribution in [3.05, 3.63) is 47.3 Å². The Morgan fingerprint density at radius 2 is 1.76 bits per heavy atom. The monoisotopic (exact) mass is 386 g/mol. The van der Waals surface area contributed by atoms with Crippen molar-refractivity contribution in [1.82, 2.24) is 4.31 Å². The molecule has 1 saturated heterocycles. The lowest BCUT2D eigenvalue weighted by atomic mass is 9.97. The van der Waals surface area contributed by atoms with Crippen LogP contribution in [0, 0.1) is 17.6 Å². The van der Waals surface area contributed by atoms with E-state index in [0.29, 0.717) is 12.8 Å². The molecular weight excluding hydrogens is 370 g/mol. The van der Waals surface area contributed by atoms with Crippen LogP contribution in [-0.4, -0.2) is 31.7 Å². The van der Waals surface area contributed by atoms with Gasteiger partial charge in [-0.05, 0) is 36.4 Å². The Labute approximate surface area is 148 Å². The third-order valence-corrected chi connectivity index (χ3v) is 7.40. The van der Waals surface area contributed by atoms with E-state index in [-0.39, 0.29) is 17.3 Å². The number of nitrogens with one attached hydrogen (secondary N) is 1. The van der Waals surface area contributed by atoms with Gasteiger partial charge in [-0.15, -0.1) is 11.3 Å². The Balaban J connectivity index is 1.63. The van der Waals surface area contributed by atoms with Crippen molar-refractivity contribution < 1.29 is 22.0 Å². The van der Waals surface area contributed by atoms with E-state index in [2.05, 4.69) is 5.32 Å². The maximum absolute atomic E-state index is 13.6. The number of halogens is 2. The number of carbonyl (C=O) groups is 1. The summed E-state index contributed by atoms with van der Waals surface area (Å²) in [6.07, 6.45) is 0.596. The van der Waals surface area contributed by atoms with Gasteiger partial charge in [0.2, 0.25) is 5.91 Å². The summed E-state index contributed by atoms with van der Waals surface area (Å²) >= 11 is 1.14. The predicted octanol–water partition coefficient (Wildman–Crippen LogP) is 3.07. The number of hydrogen-bond donors (Lipinski definition) is 1. The van der Waals surface area contributed by atoms with Gasteiger partial charge in [0.05, 0.1) is 0 Å². The first kappa shape index (κ1) is 18.0. The van der Waals surface area contributed by atoms with Crippen LogP contribution in [0.5, 0.6) is 0 Å². The zero-order valence-corrected chi connectivity index (χ0v) is 14.7. The van der Waals surface area contributed by atoms with Crippen molar-refractivity contribution in [3.63, 3.8) is 0 Å². The molecule has 0 unspecified atom stereocenters. The van der Waals surface area contributed by atoms with Crippen LogP contribution in [0.1, 0.15) is 12.8 Å². The van der Waals surface area contributed by atoms with Crippen LogP contribution < -0.4 is 5.32 Å². The van der Waals surface area contributed by atoms with Crippen molar-refractivity contribution in [2.24, 2.45) is 5.92 Å². The number of anilines is 1. The number of sulfonamides is 1. The molecule has 9 heteroatoms. The summed E-state index contributed by atoms with van der Waals surface area (Å²) in [6.45, 7) is 0.385.